The number of carbonyl (C=O) groups is 1. The summed E-state index contributed by atoms with van der Waals surface area (Å²) in [6, 6.07) is 11.7. The Labute approximate surface area is 181 Å². The van der Waals surface area contributed by atoms with Gasteiger partial charge >= 0.3 is 0 Å². The Morgan fingerprint density at radius 3 is 2.70 bits per heavy atom. The Morgan fingerprint density at radius 2 is 1.93 bits per heavy atom. The standard InChI is InChI=1S/C23H27N3O3S/c1-15-12-16(2)21-20(13-15)30-23(24-21)26(11-7-10-25(3)4)22(27)19-14-28-17-8-5-6-9-18(17)29-19/h5-6,8-9,12-13,19H,7,10-11,14H2,1-4H3/t19-/m0/s1. The smallest absolute Gasteiger partial charge is 0.273 e. The number of para-hydroxylation sites is 2. The third kappa shape index (κ3) is 4.27. The number of ether oxygens (including phenoxy) is 2. The highest BCUT2D eigenvalue weighted by molar-refractivity contribution is 7.22. The fourth-order valence-corrected chi connectivity index (χ4v) is 4.81. The molecular formula is C23H27N3O3S. The number of thiazole rings is 1. The second-order valence-electron chi connectivity index (χ2n) is 7.94. The molecule has 158 valence electrons. The highest BCUT2D eigenvalue weighted by Gasteiger charge is 2.33. The van der Waals surface area contributed by atoms with Crippen molar-refractivity contribution in [3.05, 3.63) is 47.5 Å². The van der Waals surface area contributed by atoms with E-state index in [1.807, 2.05) is 38.4 Å². The SMILES string of the molecule is Cc1cc(C)c2nc(N(CCCN(C)C)C(=O)[C@@H]3COc4ccccc4O3)sc2c1. The Bertz CT molecular complexity index is 1060. The fraction of sp³-hybridized carbons (Fsp3) is 0.391. The van der Waals surface area contributed by atoms with Crippen LogP contribution in [0, 0.1) is 13.8 Å². The van der Waals surface area contributed by atoms with E-state index in [0.717, 1.165) is 28.7 Å². The molecule has 0 saturated carbocycles. The van der Waals surface area contributed by atoms with Gasteiger partial charge in [-0.15, -0.1) is 0 Å². The summed E-state index contributed by atoms with van der Waals surface area (Å²) in [4.78, 5) is 22.2. The van der Waals surface area contributed by atoms with Crippen LogP contribution in [0.2, 0.25) is 0 Å². The second kappa shape index (κ2) is 8.62. The third-order valence-corrected chi connectivity index (χ3v) is 6.11. The molecule has 0 bridgehead atoms. The Balaban J connectivity index is 1.63. The summed E-state index contributed by atoms with van der Waals surface area (Å²) < 4.78 is 12.9. The molecule has 1 aromatic heterocycles. The highest BCUT2D eigenvalue weighted by Crippen LogP contribution is 2.34. The number of anilines is 1. The first-order valence-corrected chi connectivity index (χ1v) is 11.0. The van der Waals surface area contributed by atoms with Crippen molar-refractivity contribution in [3.8, 4) is 11.5 Å². The van der Waals surface area contributed by atoms with Gasteiger partial charge in [0.2, 0.25) is 6.10 Å². The predicted octanol–water partition coefficient (Wildman–Crippen LogP) is 4.04. The van der Waals surface area contributed by atoms with Gasteiger partial charge in [0, 0.05) is 6.54 Å². The Morgan fingerprint density at radius 1 is 1.17 bits per heavy atom. The number of aryl methyl sites for hydroxylation is 2. The van der Waals surface area contributed by atoms with Gasteiger partial charge in [-0.3, -0.25) is 9.69 Å². The van der Waals surface area contributed by atoms with Crippen molar-refractivity contribution in [2.24, 2.45) is 0 Å². The van der Waals surface area contributed by atoms with E-state index >= 15 is 0 Å². The summed E-state index contributed by atoms with van der Waals surface area (Å²) in [5, 5.41) is 0.713. The molecule has 0 unspecified atom stereocenters. The monoisotopic (exact) mass is 425 g/mol. The molecule has 6 nitrogen and oxygen atoms in total. The topological polar surface area (TPSA) is 54.9 Å². The maximum Gasteiger partial charge on any atom is 0.273 e. The van der Waals surface area contributed by atoms with E-state index in [4.69, 9.17) is 14.5 Å². The quantitative estimate of drug-likeness (QED) is 0.597. The Kier molecular flexibility index (Phi) is 5.92. The van der Waals surface area contributed by atoms with E-state index < -0.39 is 6.10 Å². The molecule has 3 aromatic rings. The minimum atomic E-state index is -0.686. The van der Waals surface area contributed by atoms with E-state index in [1.165, 1.54) is 5.56 Å². The van der Waals surface area contributed by atoms with E-state index in [0.29, 0.717) is 23.2 Å². The molecule has 4 rings (SSSR count). The number of fused-ring (bicyclic) bond motifs is 2. The number of benzene rings is 2. The molecule has 0 aliphatic carbocycles. The molecule has 30 heavy (non-hydrogen) atoms. The van der Waals surface area contributed by atoms with Crippen LogP contribution in [-0.4, -0.2) is 55.7 Å². The van der Waals surface area contributed by atoms with Crippen molar-refractivity contribution in [2.45, 2.75) is 26.4 Å². The minimum absolute atomic E-state index is 0.114. The van der Waals surface area contributed by atoms with Crippen LogP contribution in [-0.2, 0) is 4.79 Å². The molecule has 1 amide bonds. The van der Waals surface area contributed by atoms with Crippen molar-refractivity contribution < 1.29 is 14.3 Å². The van der Waals surface area contributed by atoms with Gasteiger partial charge in [0.15, 0.2) is 16.6 Å². The average molecular weight is 426 g/mol. The van der Waals surface area contributed by atoms with Crippen LogP contribution in [0.15, 0.2) is 36.4 Å². The summed E-state index contributed by atoms with van der Waals surface area (Å²) in [5.74, 6) is 1.16. The van der Waals surface area contributed by atoms with E-state index in [-0.39, 0.29) is 12.5 Å². The first-order valence-electron chi connectivity index (χ1n) is 10.1. The zero-order valence-electron chi connectivity index (χ0n) is 17.8. The molecule has 0 spiro atoms. The van der Waals surface area contributed by atoms with E-state index in [9.17, 15) is 4.79 Å². The molecule has 2 aromatic carbocycles. The van der Waals surface area contributed by atoms with Crippen molar-refractivity contribution in [3.63, 3.8) is 0 Å². The van der Waals surface area contributed by atoms with Crippen LogP contribution in [0.25, 0.3) is 10.2 Å². The van der Waals surface area contributed by atoms with Crippen LogP contribution in [0.5, 0.6) is 11.5 Å². The number of rotatable bonds is 6. The fourth-order valence-electron chi connectivity index (χ4n) is 3.63. The highest BCUT2D eigenvalue weighted by atomic mass is 32.1. The second-order valence-corrected chi connectivity index (χ2v) is 8.95. The van der Waals surface area contributed by atoms with Crippen LogP contribution in [0.3, 0.4) is 0 Å². The summed E-state index contributed by atoms with van der Waals surface area (Å²) in [6.07, 6.45) is 0.158. The zero-order valence-corrected chi connectivity index (χ0v) is 18.7. The average Bonchev–Trinajstić information content (AvgIpc) is 3.14. The summed E-state index contributed by atoms with van der Waals surface area (Å²) >= 11 is 1.55. The molecule has 0 N–H and O–H groups in total. The van der Waals surface area contributed by atoms with Gasteiger partial charge in [-0.2, -0.15) is 0 Å². The molecule has 2 heterocycles. The molecule has 1 atom stereocenters. The lowest BCUT2D eigenvalue weighted by atomic mass is 10.1. The predicted molar refractivity (Wildman–Crippen MR) is 121 cm³/mol. The molecule has 1 aliphatic heterocycles. The number of aromatic nitrogens is 1. The van der Waals surface area contributed by atoms with Crippen molar-refractivity contribution in [1.29, 1.82) is 0 Å². The number of hydrogen-bond acceptors (Lipinski definition) is 6. The van der Waals surface area contributed by atoms with Crippen LogP contribution >= 0.6 is 11.3 Å². The van der Waals surface area contributed by atoms with Gasteiger partial charge in [0.25, 0.3) is 5.91 Å². The number of hydrogen-bond donors (Lipinski definition) is 0. The van der Waals surface area contributed by atoms with Gasteiger partial charge < -0.3 is 14.4 Å². The molecule has 0 radical (unpaired) electrons. The van der Waals surface area contributed by atoms with Gasteiger partial charge in [0.1, 0.15) is 6.61 Å². The number of carbonyl (C=O) groups excluding carboxylic acids is 1. The largest absolute Gasteiger partial charge is 0.485 e. The Hall–Kier alpha value is -2.64. The third-order valence-electron chi connectivity index (χ3n) is 5.09. The number of amides is 1. The van der Waals surface area contributed by atoms with Gasteiger partial charge in [-0.1, -0.05) is 29.5 Å². The van der Waals surface area contributed by atoms with E-state index in [2.05, 4.69) is 30.9 Å². The van der Waals surface area contributed by atoms with E-state index in [1.54, 1.807) is 16.2 Å². The molecule has 0 saturated heterocycles. The normalized spacial score (nSPS) is 15.6. The summed E-state index contributed by atoms with van der Waals surface area (Å²) in [6.45, 7) is 5.81. The first-order chi connectivity index (χ1) is 14.4. The molecule has 7 heteroatoms. The summed E-state index contributed by atoms with van der Waals surface area (Å²) in [5.41, 5.74) is 3.28. The first kappa shape index (κ1) is 20.6. The van der Waals surface area contributed by atoms with Crippen LogP contribution < -0.4 is 14.4 Å². The van der Waals surface area contributed by atoms with Gasteiger partial charge in [-0.05, 0) is 70.2 Å². The molecular weight excluding hydrogens is 398 g/mol. The minimum Gasteiger partial charge on any atom is -0.485 e. The zero-order chi connectivity index (χ0) is 21.3. The van der Waals surface area contributed by atoms with Crippen LogP contribution in [0.4, 0.5) is 5.13 Å². The lowest BCUT2D eigenvalue weighted by Gasteiger charge is -2.29. The maximum atomic E-state index is 13.5. The number of nitrogens with zero attached hydrogens (tertiary/aromatic N) is 3. The molecule has 0 fully saturated rings. The lowest BCUT2D eigenvalue weighted by Crippen LogP contribution is -2.47. The maximum absolute atomic E-state index is 13.5. The van der Waals surface area contributed by atoms with Crippen LogP contribution in [0.1, 0.15) is 17.5 Å². The molecule has 1 aliphatic rings. The van der Waals surface area contributed by atoms with Crippen molar-refractivity contribution in [1.82, 2.24) is 9.88 Å². The lowest BCUT2D eigenvalue weighted by molar-refractivity contribution is -0.127. The summed E-state index contributed by atoms with van der Waals surface area (Å²) in [7, 11) is 4.07. The van der Waals surface area contributed by atoms with Crippen molar-refractivity contribution in [2.75, 3.05) is 38.7 Å². The van der Waals surface area contributed by atoms with Gasteiger partial charge in [0.05, 0.1) is 10.2 Å². The van der Waals surface area contributed by atoms with Gasteiger partial charge in [-0.25, -0.2) is 4.98 Å². The van der Waals surface area contributed by atoms with Crippen molar-refractivity contribution >= 4 is 32.6 Å².